The van der Waals surface area contributed by atoms with Crippen LogP contribution in [-0.2, 0) is 0 Å². The van der Waals surface area contributed by atoms with Gasteiger partial charge in [0, 0.05) is 21.8 Å². The molecule has 4 nitrogen and oxygen atoms in total. The van der Waals surface area contributed by atoms with Crippen LogP contribution in [-0.4, -0.2) is 19.3 Å². The van der Waals surface area contributed by atoms with Crippen molar-refractivity contribution in [2.24, 2.45) is 0 Å². The summed E-state index contributed by atoms with van der Waals surface area (Å²) in [6, 6.07) is 10.3. The molecule has 0 spiro atoms. The quantitative estimate of drug-likeness (QED) is 0.851. The summed E-state index contributed by atoms with van der Waals surface area (Å²) in [4.78, 5) is 0. The largest absolute Gasteiger partial charge is 0.493 e. The Hall–Kier alpha value is -1.91. The van der Waals surface area contributed by atoms with Crippen LogP contribution in [0.25, 0.3) is 0 Å². The molecular formula is C15H16ClNO3. The molecule has 2 rings (SSSR count). The molecule has 5 heteroatoms. The smallest absolute Gasteiger partial charge is 0.166 e. The van der Waals surface area contributed by atoms with Crippen LogP contribution in [0.3, 0.4) is 0 Å². The molecule has 106 valence electrons. The fraction of sp³-hybridized carbons (Fsp3) is 0.200. The van der Waals surface area contributed by atoms with E-state index < -0.39 is 6.10 Å². The number of methoxy groups -OCH3 is 2. The molecule has 0 heterocycles. The Bertz CT molecular complexity index is 616. The van der Waals surface area contributed by atoms with Gasteiger partial charge < -0.3 is 20.3 Å². The van der Waals surface area contributed by atoms with E-state index in [1.807, 2.05) is 0 Å². The van der Waals surface area contributed by atoms with Crippen LogP contribution in [0.5, 0.6) is 11.5 Å². The second kappa shape index (κ2) is 6.03. The molecular weight excluding hydrogens is 278 g/mol. The third-order valence-corrected chi connectivity index (χ3v) is 3.31. The molecule has 0 aliphatic heterocycles. The number of hydrogen-bond donors (Lipinski definition) is 2. The number of halogens is 1. The van der Waals surface area contributed by atoms with Crippen LogP contribution < -0.4 is 15.2 Å². The second-order valence-corrected chi connectivity index (χ2v) is 4.69. The van der Waals surface area contributed by atoms with Crippen molar-refractivity contribution in [3.63, 3.8) is 0 Å². The highest BCUT2D eigenvalue weighted by Crippen LogP contribution is 2.38. The molecule has 0 fully saturated rings. The van der Waals surface area contributed by atoms with Gasteiger partial charge >= 0.3 is 0 Å². The molecule has 2 aromatic rings. The summed E-state index contributed by atoms with van der Waals surface area (Å²) in [6.45, 7) is 0. The maximum atomic E-state index is 10.6. The van der Waals surface area contributed by atoms with Gasteiger partial charge in [0.25, 0.3) is 0 Å². The van der Waals surface area contributed by atoms with Gasteiger partial charge in [-0.1, -0.05) is 23.7 Å². The molecule has 3 N–H and O–H groups in total. The lowest BCUT2D eigenvalue weighted by molar-refractivity contribution is 0.214. The Morgan fingerprint density at radius 1 is 1.10 bits per heavy atom. The monoisotopic (exact) mass is 293 g/mol. The molecule has 0 unspecified atom stereocenters. The number of ether oxygens (including phenoxy) is 2. The average Bonchev–Trinajstić information content (AvgIpc) is 2.48. The molecule has 2 aromatic carbocycles. The van der Waals surface area contributed by atoms with Crippen LogP contribution in [0.1, 0.15) is 17.2 Å². The predicted octanol–water partition coefficient (Wildman–Crippen LogP) is 3.02. The maximum Gasteiger partial charge on any atom is 0.166 e. The first kappa shape index (κ1) is 14.5. The van der Waals surface area contributed by atoms with E-state index in [1.165, 1.54) is 7.11 Å². The van der Waals surface area contributed by atoms with Gasteiger partial charge in [-0.15, -0.1) is 0 Å². The minimum absolute atomic E-state index is 0.465. The summed E-state index contributed by atoms with van der Waals surface area (Å²) in [5.74, 6) is 1.02. The normalized spacial score (nSPS) is 12.0. The van der Waals surface area contributed by atoms with Gasteiger partial charge in [0.05, 0.1) is 14.2 Å². The molecule has 0 aliphatic carbocycles. The molecule has 0 saturated heterocycles. The van der Waals surface area contributed by atoms with Gasteiger partial charge in [-0.3, -0.25) is 0 Å². The van der Waals surface area contributed by atoms with Crippen molar-refractivity contribution in [3.8, 4) is 11.5 Å². The Morgan fingerprint density at radius 2 is 1.85 bits per heavy atom. The van der Waals surface area contributed by atoms with E-state index in [2.05, 4.69) is 0 Å². The van der Waals surface area contributed by atoms with E-state index in [0.717, 1.165) is 0 Å². The van der Waals surface area contributed by atoms with Gasteiger partial charge in [0.2, 0.25) is 0 Å². The van der Waals surface area contributed by atoms with Crippen LogP contribution in [0.15, 0.2) is 36.4 Å². The van der Waals surface area contributed by atoms with E-state index in [0.29, 0.717) is 33.3 Å². The summed E-state index contributed by atoms with van der Waals surface area (Å²) in [5, 5.41) is 11.1. The number of para-hydroxylation sites is 1. The Kier molecular flexibility index (Phi) is 4.37. The number of benzene rings is 2. The first-order chi connectivity index (χ1) is 9.58. The predicted molar refractivity (Wildman–Crippen MR) is 79.5 cm³/mol. The molecule has 0 bridgehead atoms. The lowest BCUT2D eigenvalue weighted by Gasteiger charge is -2.18. The number of rotatable bonds is 4. The minimum atomic E-state index is -0.946. The van der Waals surface area contributed by atoms with Gasteiger partial charge in [-0.25, -0.2) is 0 Å². The number of nitrogens with two attached hydrogens (primary N) is 1. The maximum absolute atomic E-state index is 10.6. The van der Waals surface area contributed by atoms with E-state index in [1.54, 1.807) is 43.5 Å². The SMILES string of the molecule is COc1cccc([C@@H](O)c2cc(Cl)ccc2N)c1OC. The molecule has 0 aliphatic rings. The standard InChI is InChI=1S/C15H16ClNO3/c1-19-13-5-3-4-10(15(13)20-2)14(18)11-8-9(16)6-7-12(11)17/h3-8,14,18H,17H2,1-2H3/t14-/m1/s1. The summed E-state index contributed by atoms with van der Waals surface area (Å²) >= 11 is 5.96. The Balaban J connectivity index is 2.53. The average molecular weight is 294 g/mol. The zero-order chi connectivity index (χ0) is 14.7. The van der Waals surface area contributed by atoms with Gasteiger partial charge in [-0.2, -0.15) is 0 Å². The molecule has 0 amide bonds. The first-order valence-electron chi connectivity index (χ1n) is 6.02. The van der Waals surface area contributed by atoms with Crippen LogP contribution in [0.2, 0.25) is 5.02 Å². The lowest BCUT2D eigenvalue weighted by Crippen LogP contribution is -2.06. The number of anilines is 1. The lowest BCUT2D eigenvalue weighted by atomic mass is 9.99. The molecule has 0 aromatic heterocycles. The molecule has 20 heavy (non-hydrogen) atoms. The summed E-state index contributed by atoms with van der Waals surface area (Å²) in [7, 11) is 3.07. The molecule has 0 radical (unpaired) electrons. The topological polar surface area (TPSA) is 64.7 Å². The summed E-state index contributed by atoms with van der Waals surface area (Å²) in [6.07, 6.45) is -0.946. The Morgan fingerprint density at radius 3 is 2.50 bits per heavy atom. The zero-order valence-electron chi connectivity index (χ0n) is 11.3. The third-order valence-electron chi connectivity index (χ3n) is 3.07. The van der Waals surface area contributed by atoms with Crippen molar-refractivity contribution in [2.45, 2.75) is 6.10 Å². The van der Waals surface area contributed by atoms with Crippen LogP contribution in [0.4, 0.5) is 5.69 Å². The first-order valence-corrected chi connectivity index (χ1v) is 6.40. The van der Waals surface area contributed by atoms with Crippen molar-refractivity contribution in [1.82, 2.24) is 0 Å². The fourth-order valence-corrected chi connectivity index (χ4v) is 2.26. The highest BCUT2D eigenvalue weighted by atomic mass is 35.5. The fourth-order valence-electron chi connectivity index (χ4n) is 2.08. The summed E-state index contributed by atoms with van der Waals surface area (Å²) in [5.41, 5.74) is 7.47. The Labute approximate surface area is 122 Å². The highest BCUT2D eigenvalue weighted by Gasteiger charge is 2.20. The third kappa shape index (κ3) is 2.66. The van der Waals surface area contributed by atoms with Crippen molar-refractivity contribution in [1.29, 1.82) is 0 Å². The van der Waals surface area contributed by atoms with E-state index >= 15 is 0 Å². The minimum Gasteiger partial charge on any atom is -0.493 e. The van der Waals surface area contributed by atoms with E-state index in [4.69, 9.17) is 26.8 Å². The zero-order valence-corrected chi connectivity index (χ0v) is 12.0. The van der Waals surface area contributed by atoms with E-state index in [9.17, 15) is 5.11 Å². The van der Waals surface area contributed by atoms with Crippen LogP contribution in [0, 0.1) is 0 Å². The number of nitrogen functional groups attached to an aromatic ring is 1. The van der Waals surface area contributed by atoms with Crippen molar-refractivity contribution in [2.75, 3.05) is 20.0 Å². The number of aliphatic hydroxyl groups excluding tert-OH is 1. The molecule has 1 atom stereocenters. The van der Waals surface area contributed by atoms with Crippen molar-refractivity contribution < 1.29 is 14.6 Å². The number of hydrogen-bond acceptors (Lipinski definition) is 4. The van der Waals surface area contributed by atoms with Crippen LogP contribution >= 0.6 is 11.6 Å². The van der Waals surface area contributed by atoms with Gasteiger partial charge in [0.15, 0.2) is 11.5 Å². The van der Waals surface area contributed by atoms with Crippen molar-refractivity contribution in [3.05, 3.63) is 52.5 Å². The van der Waals surface area contributed by atoms with E-state index in [-0.39, 0.29) is 0 Å². The molecule has 0 saturated carbocycles. The van der Waals surface area contributed by atoms with Crippen molar-refractivity contribution >= 4 is 17.3 Å². The highest BCUT2D eigenvalue weighted by molar-refractivity contribution is 6.30. The summed E-state index contributed by atoms with van der Waals surface area (Å²) < 4.78 is 10.5. The van der Waals surface area contributed by atoms with Gasteiger partial charge in [-0.05, 0) is 24.3 Å². The second-order valence-electron chi connectivity index (χ2n) is 4.26. The number of aliphatic hydroxyl groups is 1. The van der Waals surface area contributed by atoms with Gasteiger partial charge in [0.1, 0.15) is 6.10 Å².